The molecule has 2 bridgehead atoms. The minimum atomic E-state index is -0.227. The van der Waals surface area contributed by atoms with Crippen molar-refractivity contribution in [1.29, 1.82) is 0 Å². The molecule has 0 heterocycles. The van der Waals surface area contributed by atoms with E-state index >= 15 is 0 Å². The maximum absolute atomic E-state index is 11.5. The van der Waals surface area contributed by atoms with E-state index in [0.29, 0.717) is 13.0 Å². The van der Waals surface area contributed by atoms with Crippen LogP contribution in [0.4, 0.5) is 0 Å². The van der Waals surface area contributed by atoms with Gasteiger partial charge in [0.25, 0.3) is 0 Å². The average molecular weight is 194 g/mol. The largest absolute Gasteiger partial charge is 0.463 e. The van der Waals surface area contributed by atoms with Crippen LogP contribution in [0.15, 0.2) is 11.6 Å². The number of fused-ring (bicyclic) bond motifs is 2. The summed E-state index contributed by atoms with van der Waals surface area (Å²) >= 11 is 0. The van der Waals surface area contributed by atoms with E-state index < -0.39 is 0 Å². The molecule has 3 rings (SSSR count). The Morgan fingerprint density at radius 2 is 2.36 bits per heavy atom. The third-order valence-electron chi connectivity index (χ3n) is 3.02. The molecule has 0 radical (unpaired) electrons. The highest BCUT2D eigenvalue weighted by atomic mass is 16.5. The zero-order valence-electron chi connectivity index (χ0n) is 8.29. The average Bonchev–Trinajstić information content (AvgIpc) is 2.18. The number of Topliss-reactive ketones (excluding diaryl/α,β-unsaturated/α-hetero) is 1. The van der Waals surface area contributed by atoms with Gasteiger partial charge >= 0.3 is 5.97 Å². The first kappa shape index (κ1) is 9.44. The zero-order chi connectivity index (χ0) is 10.1. The summed E-state index contributed by atoms with van der Waals surface area (Å²) in [4.78, 5) is 22.9. The SMILES string of the molecule is CCOC(=O)C1=C[C@H]2CC[C@H]1CC2=O. The molecule has 14 heavy (non-hydrogen) atoms. The molecule has 1 fully saturated rings. The third kappa shape index (κ3) is 1.47. The first-order valence-electron chi connectivity index (χ1n) is 5.14. The topological polar surface area (TPSA) is 43.4 Å². The van der Waals surface area contributed by atoms with Crippen LogP contribution >= 0.6 is 0 Å². The fourth-order valence-corrected chi connectivity index (χ4v) is 2.28. The molecule has 0 aromatic rings. The number of carbonyl (C=O) groups excluding carboxylic acids is 2. The van der Waals surface area contributed by atoms with Gasteiger partial charge in [0.05, 0.1) is 6.61 Å². The molecule has 0 aromatic heterocycles. The second kappa shape index (κ2) is 3.56. The van der Waals surface area contributed by atoms with Crippen molar-refractivity contribution in [2.75, 3.05) is 6.61 Å². The van der Waals surface area contributed by atoms with E-state index in [1.165, 1.54) is 0 Å². The smallest absolute Gasteiger partial charge is 0.333 e. The van der Waals surface area contributed by atoms with Gasteiger partial charge in [-0.25, -0.2) is 4.79 Å². The standard InChI is InChI=1S/C11H14O3/c1-2-14-11(13)9-5-8-4-3-7(9)6-10(8)12/h5,7-8H,2-4,6H2,1H3/t7-,8+/m0/s1. The first-order chi connectivity index (χ1) is 6.72. The maximum atomic E-state index is 11.5. The van der Waals surface area contributed by atoms with Gasteiger partial charge in [-0.05, 0) is 25.7 Å². The summed E-state index contributed by atoms with van der Waals surface area (Å²) in [6.45, 7) is 2.20. The molecule has 3 heteroatoms. The van der Waals surface area contributed by atoms with Crippen LogP contribution in [0.2, 0.25) is 0 Å². The summed E-state index contributed by atoms with van der Waals surface area (Å²) in [5, 5.41) is 0. The van der Waals surface area contributed by atoms with Crippen molar-refractivity contribution in [1.82, 2.24) is 0 Å². The Morgan fingerprint density at radius 1 is 1.57 bits per heavy atom. The van der Waals surface area contributed by atoms with Gasteiger partial charge in [0.15, 0.2) is 0 Å². The molecule has 1 saturated carbocycles. The van der Waals surface area contributed by atoms with Crippen LogP contribution in [0.1, 0.15) is 26.2 Å². The number of ether oxygens (including phenoxy) is 1. The zero-order valence-corrected chi connectivity index (χ0v) is 8.29. The van der Waals surface area contributed by atoms with Gasteiger partial charge < -0.3 is 4.74 Å². The monoisotopic (exact) mass is 194 g/mol. The van der Waals surface area contributed by atoms with Crippen molar-refractivity contribution in [2.24, 2.45) is 11.8 Å². The molecule has 0 amide bonds. The minimum Gasteiger partial charge on any atom is -0.463 e. The lowest BCUT2D eigenvalue weighted by atomic mass is 9.71. The Hall–Kier alpha value is -1.12. The van der Waals surface area contributed by atoms with Gasteiger partial charge in [-0.3, -0.25) is 4.79 Å². The molecular weight excluding hydrogens is 180 g/mol. The van der Waals surface area contributed by atoms with E-state index in [0.717, 1.165) is 18.4 Å². The second-order valence-electron chi connectivity index (χ2n) is 3.89. The van der Waals surface area contributed by atoms with Crippen molar-refractivity contribution < 1.29 is 14.3 Å². The second-order valence-corrected chi connectivity index (χ2v) is 3.89. The van der Waals surface area contributed by atoms with E-state index in [-0.39, 0.29) is 23.6 Å². The highest BCUT2D eigenvalue weighted by Crippen LogP contribution is 2.38. The quantitative estimate of drug-likeness (QED) is 0.625. The predicted octanol–water partition coefficient (Wildman–Crippen LogP) is 1.47. The predicted molar refractivity (Wildman–Crippen MR) is 50.6 cm³/mol. The van der Waals surface area contributed by atoms with Gasteiger partial charge in [-0.1, -0.05) is 6.08 Å². The van der Waals surface area contributed by atoms with Crippen molar-refractivity contribution >= 4 is 11.8 Å². The van der Waals surface area contributed by atoms with E-state index in [2.05, 4.69) is 0 Å². The molecule has 2 atom stereocenters. The fourth-order valence-electron chi connectivity index (χ4n) is 2.28. The van der Waals surface area contributed by atoms with Crippen molar-refractivity contribution in [3.63, 3.8) is 0 Å². The van der Waals surface area contributed by atoms with Crippen molar-refractivity contribution in [3.8, 4) is 0 Å². The van der Waals surface area contributed by atoms with Crippen molar-refractivity contribution in [3.05, 3.63) is 11.6 Å². The van der Waals surface area contributed by atoms with Gasteiger partial charge in [0.1, 0.15) is 5.78 Å². The number of ketones is 1. The Kier molecular flexibility index (Phi) is 2.40. The molecule has 3 aliphatic rings. The number of hydrogen-bond donors (Lipinski definition) is 0. The maximum Gasteiger partial charge on any atom is 0.333 e. The molecule has 3 aliphatic carbocycles. The first-order valence-corrected chi connectivity index (χ1v) is 5.14. The Bertz CT molecular complexity index is 304. The van der Waals surface area contributed by atoms with Crippen LogP contribution in [0.25, 0.3) is 0 Å². The molecule has 0 aromatic carbocycles. The van der Waals surface area contributed by atoms with Gasteiger partial charge in [0, 0.05) is 17.9 Å². The van der Waals surface area contributed by atoms with Crippen molar-refractivity contribution in [2.45, 2.75) is 26.2 Å². The van der Waals surface area contributed by atoms with E-state index in [4.69, 9.17) is 4.74 Å². The van der Waals surface area contributed by atoms with Crippen LogP contribution in [-0.2, 0) is 14.3 Å². The van der Waals surface area contributed by atoms with Gasteiger partial charge in [0.2, 0.25) is 0 Å². The van der Waals surface area contributed by atoms with Crippen LogP contribution in [0.5, 0.6) is 0 Å². The summed E-state index contributed by atoms with van der Waals surface area (Å²) in [6.07, 6.45) is 4.22. The van der Waals surface area contributed by atoms with Crippen LogP contribution in [0.3, 0.4) is 0 Å². The van der Waals surface area contributed by atoms with E-state index in [9.17, 15) is 9.59 Å². The number of carbonyl (C=O) groups is 2. The van der Waals surface area contributed by atoms with Gasteiger partial charge in [-0.2, -0.15) is 0 Å². The Morgan fingerprint density at radius 3 is 2.86 bits per heavy atom. The lowest BCUT2D eigenvalue weighted by Gasteiger charge is -2.32. The molecule has 3 nitrogen and oxygen atoms in total. The summed E-state index contributed by atoms with van der Waals surface area (Å²) in [5.41, 5.74) is 0.739. The molecule has 0 aliphatic heterocycles. The summed E-state index contributed by atoms with van der Waals surface area (Å²) in [6, 6.07) is 0. The highest BCUT2D eigenvalue weighted by Gasteiger charge is 2.37. The lowest BCUT2D eigenvalue weighted by molar-refractivity contribution is -0.140. The third-order valence-corrected chi connectivity index (χ3v) is 3.02. The molecular formula is C11H14O3. The summed E-state index contributed by atoms with van der Waals surface area (Å²) in [7, 11) is 0. The van der Waals surface area contributed by atoms with Crippen LogP contribution in [-0.4, -0.2) is 18.4 Å². The number of rotatable bonds is 2. The lowest BCUT2D eigenvalue weighted by Crippen LogP contribution is -2.33. The minimum absolute atomic E-state index is 0.0144. The summed E-state index contributed by atoms with van der Waals surface area (Å²) in [5.74, 6) is 0.176. The molecule has 0 unspecified atom stereocenters. The molecule has 0 N–H and O–H groups in total. The normalized spacial score (nSPS) is 30.1. The number of hydrogen-bond acceptors (Lipinski definition) is 3. The Labute approximate surface area is 83.1 Å². The molecule has 0 spiro atoms. The van der Waals surface area contributed by atoms with E-state index in [1.807, 2.05) is 6.08 Å². The fraction of sp³-hybridized carbons (Fsp3) is 0.636. The van der Waals surface area contributed by atoms with Crippen LogP contribution < -0.4 is 0 Å². The van der Waals surface area contributed by atoms with E-state index in [1.54, 1.807) is 6.92 Å². The number of esters is 1. The number of allylic oxidation sites excluding steroid dienone is 1. The molecule has 76 valence electrons. The van der Waals surface area contributed by atoms with Gasteiger partial charge in [-0.15, -0.1) is 0 Å². The summed E-state index contributed by atoms with van der Waals surface area (Å²) < 4.78 is 4.95. The molecule has 0 saturated heterocycles. The Balaban J connectivity index is 2.17. The van der Waals surface area contributed by atoms with Crippen LogP contribution in [0, 0.1) is 11.8 Å². The highest BCUT2D eigenvalue weighted by molar-refractivity contribution is 5.95.